The van der Waals surface area contributed by atoms with Crippen LogP contribution in [0.15, 0.2) is 30.3 Å². The largest absolute Gasteiger partial charge is 0.465 e. The van der Waals surface area contributed by atoms with Gasteiger partial charge in [-0.3, -0.25) is 9.36 Å². The van der Waals surface area contributed by atoms with Crippen LogP contribution in [0.1, 0.15) is 13.8 Å². The maximum absolute atomic E-state index is 10.4. The molecule has 2 N–H and O–H groups in total. The first-order valence-electron chi connectivity index (χ1n) is 5.19. The smallest absolute Gasteiger partial charge is 0.322 e. The second-order valence-corrected chi connectivity index (χ2v) is 3.50. The summed E-state index contributed by atoms with van der Waals surface area (Å²) >= 11 is 0. The number of para-hydroxylation sites is 1. The summed E-state index contributed by atoms with van der Waals surface area (Å²) in [5.74, 6) is 0.329. The lowest BCUT2D eigenvalue weighted by molar-refractivity contribution is -0.144. The van der Waals surface area contributed by atoms with Gasteiger partial charge in [0.1, 0.15) is 11.8 Å². The molecule has 0 fully saturated rings. The van der Waals surface area contributed by atoms with Crippen molar-refractivity contribution >= 4 is 14.7 Å². The zero-order valence-corrected chi connectivity index (χ0v) is 11.1. The first-order chi connectivity index (χ1) is 8.11. The molecule has 6 heteroatoms. The molecule has 0 amide bonds. The molecule has 1 aromatic carbocycles. The lowest BCUT2D eigenvalue weighted by Gasteiger charge is -2.02. The first-order valence-corrected chi connectivity index (χ1v) is 6.13. The number of ether oxygens (including phenoxy) is 1. The van der Waals surface area contributed by atoms with E-state index >= 15 is 0 Å². The molecule has 0 aromatic heterocycles. The Morgan fingerprint density at radius 3 is 2.35 bits per heavy atom. The Morgan fingerprint density at radius 2 is 2.00 bits per heavy atom. The standard InChI is InChI=1S/C6H7O2P.C5H11NO2/c7-9-8-6-4-2-1-3-5-6;1-3-8-5(7)4(2)6/h1-5H,9H2;4H,3,6H2,1-2H3/t;4-/m.0/s1. The molecule has 0 aliphatic rings. The van der Waals surface area contributed by atoms with Crippen molar-refractivity contribution in [2.75, 3.05) is 6.61 Å². The number of carbonyl (C=O) groups is 1. The van der Waals surface area contributed by atoms with Gasteiger partial charge in [0.15, 0.2) is 0 Å². The Bertz CT molecular complexity index is 330. The third-order valence-electron chi connectivity index (χ3n) is 1.59. The van der Waals surface area contributed by atoms with Crippen LogP contribution in [-0.4, -0.2) is 18.6 Å². The molecule has 1 aromatic rings. The van der Waals surface area contributed by atoms with Gasteiger partial charge in [0.2, 0.25) is 8.69 Å². The van der Waals surface area contributed by atoms with Gasteiger partial charge >= 0.3 is 5.97 Å². The molecule has 1 rings (SSSR count). The van der Waals surface area contributed by atoms with Crippen LogP contribution in [0.5, 0.6) is 5.75 Å². The van der Waals surface area contributed by atoms with Crippen LogP contribution in [0.3, 0.4) is 0 Å². The fraction of sp³-hybridized carbons (Fsp3) is 0.364. The third kappa shape index (κ3) is 8.48. The summed E-state index contributed by atoms with van der Waals surface area (Å²) in [6.07, 6.45) is 0. The predicted octanol–water partition coefficient (Wildman–Crippen LogP) is 1.63. The molecule has 0 aliphatic carbocycles. The van der Waals surface area contributed by atoms with Crippen LogP contribution in [0.25, 0.3) is 0 Å². The molecule has 0 bridgehead atoms. The van der Waals surface area contributed by atoms with E-state index in [4.69, 9.17) is 10.3 Å². The first kappa shape index (κ1) is 15.7. The second-order valence-electron chi connectivity index (χ2n) is 3.07. The van der Waals surface area contributed by atoms with Gasteiger partial charge in [-0.1, -0.05) is 18.2 Å². The molecule has 96 valence electrons. The number of hydrogen-bond donors (Lipinski definition) is 1. The van der Waals surface area contributed by atoms with E-state index in [0.717, 1.165) is 0 Å². The highest BCUT2D eigenvalue weighted by Crippen LogP contribution is 2.12. The van der Waals surface area contributed by atoms with E-state index in [0.29, 0.717) is 12.4 Å². The van der Waals surface area contributed by atoms with Crippen LogP contribution in [0, 0.1) is 0 Å². The molecular formula is C11H18NO4P. The number of carbonyl (C=O) groups excluding carboxylic acids is 1. The van der Waals surface area contributed by atoms with E-state index in [2.05, 4.69) is 4.74 Å². The predicted molar refractivity (Wildman–Crippen MR) is 67.7 cm³/mol. The van der Waals surface area contributed by atoms with E-state index in [9.17, 15) is 9.36 Å². The van der Waals surface area contributed by atoms with Crippen molar-refractivity contribution in [3.05, 3.63) is 30.3 Å². The van der Waals surface area contributed by atoms with Gasteiger partial charge in [-0.25, -0.2) is 0 Å². The van der Waals surface area contributed by atoms with Crippen molar-refractivity contribution in [2.45, 2.75) is 19.9 Å². The Balaban J connectivity index is 0.000000304. The minimum atomic E-state index is -1.12. The SMILES string of the molecule is CCOC(=O)[C@H](C)N.O=[PH2]Oc1ccccc1. The van der Waals surface area contributed by atoms with E-state index in [1.165, 1.54) is 0 Å². The normalized spacial score (nSPS) is 11.5. The van der Waals surface area contributed by atoms with Crippen molar-refractivity contribution in [1.29, 1.82) is 0 Å². The molecule has 0 radical (unpaired) electrons. The average Bonchev–Trinajstić information content (AvgIpc) is 2.32. The topological polar surface area (TPSA) is 78.6 Å². The summed E-state index contributed by atoms with van der Waals surface area (Å²) in [5.41, 5.74) is 5.15. The van der Waals surface area contributed by atoms with Crippen LogP contribution in [-0.2, 0) is 14.1 Å². The highest BCUT2D eigenvalue weighted by molar-refractivity contribution is 7.17. The molecule has 0 saturated carbocycles. The third-order valence-corrected chi connectivity index (χ3v) is 1.95. The molecule has 0 heterocycles. The van der Waals surface area contributed by atoms with Gasteiger partial charge in [0.05, 0.1) is 6.61 Å². The number of esters is 1. The number of nitrogens with two attached hydrogens (primary N) is 1. The molecule has 17 heavy (non-hydrogen) atoms. The van der Waals surface area contributed by atoms with Crippen molar-refractivity contribution in [3.63, 3.8) is 0 Å². The van der Waals surface area contributed by atoms with Gasteiger partial charge in [-0.15, -0.1) is 0 Å². The maximum Gasteiger partial charge on any atom is 0.322 e. The van der Waals surface area contributed by atoms with E-state index in [1.54, 1.807) is 26.0 Å². The van der Waals surface area contributed by atoms with Crippen LogP contribution < -0.4 is 10.3 Å². The van der Waals surface area contributed by atoms with Crippen LogP contribution in [0.2, 0.25) is 0 Å². The average molecular weight is 259 g/mol. The lowest BCUT2D eigenvalue weighted by atomic mass is 10.3. The zero-order chi connectivity index (χ0) is 13.1. The van der Waals surface area contributed by atoms with Gasteiger partial charge < -0.3 is 15.0 Å². The summed E-state index contributed by atoms with van der Waals surface area (Å²) in [6, 6.07) is 8.60. The Kier molecular flexibility index (Phi) is 9.11. The van der Waals surface area contributed by atoms with Crippen molar-refractivity contribution < 1.29 is 18.6 Å². The minimum Gasteiger partial charge on any atom is -0.465 e. The van der Waals surface area contributed by atoms with Gasteiger partial charge in [0, 0.05) is 0 Å². The number of benzene rings is 1. The van der Waals surface area contributed by atoms with Crippen LogP contribution >= 0.6 is 8.69 Å². The molecule has 0 saturated heterocycles. The highest BCUT2D eigenvalue weighted by Gasteiger charge is 2.05. The van der Waals surface area contributed by atoms with Crippen molar-refractivity contribution in [3.8, 4) is 5.75 Å². The number of hydrogen-bond acceptors (Lipinski definition) is 5. The minimum absolute atomic E-state index is 0.340. The van der Waals surface area contributed by atoms with Crippen LogP contribution in [0.4, 0.5) is 0 Å². The van der Waals surface area contributed by atoms with Crippen molar-refractivity contribution in [1.82, 2.24) is 0 Å². The van der Waals surface area contributed by atoms with E-state index < -0.39 is 14.7 Å². The molecule has 1 unspecified atom stereocenters. The molecule has 2 atom stereocenters. The number of rotatable bonds is 4. The molecule has 5 nitrogen and oxygen atoms in total. The summed E-state index contributed by atoms with van der Waals surface area (Å²) in [4.78, 5) is 10.4. The molecule has 0 aliphatic heterocycles. The summed E-state index contributed by atoms with van der Waals surface area (Å²) < 4.78 is 19.2. The van der Waals surface area contributed by atoms with Gasteiger partial charge in [0.25, 0.3) is 0 Å². The Morgan fingerprint density at radius 1 is 1.41 bits per heavy atom. The second kappa shape index (κ2) is 9.87. The Hall–Kier alpha value is -1.32. The quantitative estimate of drug-likeness (QED) is 0.656. The molecule has 0 spiro atoms. The van der Waals surface area contributed by atoms with Gasteiger partial charge in [-0.2, -0.15) is 0 Å². The summed E-state index contributed by atoms with van der Waals surface area (Å²) in [5, 5.41) is 0. The fourth-order valence-corrected chi connectivity index (χ4v) is 1.10. The van der Waals surface area contributed by atoms with Crippen molar-refractivity contribution in [2.24, 2.45) is 5.73 Å². The molecular weight excluding hydrogens is 241 g/mol. The van der Waals surface area contributed by atoms with E-state index in [1.807, 2.05) is 18.2 Å². The van der Waals surface area contributed by atoms with Gasteiger partial charge in [-0.05, 0) is 26.0 Å². The monoisotopic (exact) mass is 259 g/mol. The maximum atomic E-state index is 10.4. The lowest BCUT2D eigenvalue weighted by Crippen LogP contribution is -2.28. The zero-order valence-electron chi connectivity index (χ0n) is 9.96. The highest BCUT2D eigenvalue weighted by atomic mass is 31.1. The summed E-state index contributed by atoms with van der Waals surface area (Å²) in [6.45, 7) is 3.75. The Labute approximate surface area is 102 Å². The summed E-state index contributed by atoms with van der Waals surface area (Å²) in [7, 11) is -1.12. The van der Waals surface area contributed by atoms with E-state index in [-0.39, 0.29) is 5.97 Å². The fourth-order valence-electron chi connectivity index (χ4n) is 0.828.